The van der Waals surface area contributed by atoms with E-state index in [1.807, 2.05) is 19.1 Å². The van der Waals surface area contributed by atoms with Crippen LogP contribution in [0.15, 0.2) is 12.2 Å². The molecule has 0 bridgehead atoms. The average Bonchev–Trinajstić information content (AvgIpc) is 3.18. The predicted molar refractivity (Wildman–Crippen MR) is 99.2 cm³/mol. The third-order valence-corrected chi connectivity index (χ3v) is 5.69. The van der Waals surface area contributed by atoms with Crippen LogP contribution in [0.4, 0.5) is 4.79 Å². The fourth-order valence-electron chi connectivity index (χ4n) is 4.08. The summed E-state index contributed by atoms with van der Waals surface area (Å²) in [5, 5.41) is 4.12. The molecule has 3 aliphatic rings. The van der Waals surface area contributed by atoms with Gasteiger partial charge in [0, 0.05) is 19.0 Å². The van der Waals surface area contributed by atoms with Gasteiger partial charge < -0.3 is 15.0 Å². The second kappa shape index (κ2) is 7.88. The van der Waals surface area contributed by atoms with Crippen LogP contribution in [-0.4, -0.2) is 59.1 Å². The molecule has 1 aliphatic carbocycles. The van der Waals surface area contributed by atoms with Crippen LogP contribution in [0, 0.1) is 11.8 Å². The Morgan fingerprint density at radius 3 is 2.93 bits per heavy atom. The minimum atomic E-state index is -1.00. The van der Waals surface area contributed by atoms with Gasteiger partial charge in [-0.1, -0.05) is 19.1 Å². The highest BCUT2D eigenvalue weighted by Gasteiger charge is 2.62. The summed E-state index contributed by atoms with van der Waals surface area (Å²) >= 11 is 0. The van der Waals surface area contributed by atoms with Gasteiger partial charge in [0.25, 0.3) is 0 Å². The molecule has 0 radical (unpaired) electrons. The fraction of sp³-hybridized carbons (Fsp3) is 0.737. The molecule has 8 heteroatoms. The number of hydrazine groups is 1. The van der Waals surface area contributed by atoms with Crippen molar-refractivity contribution < 1.29 is 19.1 Å². The van der Waals surface area contributed by atoms with Crippen LogP contribution < -0.4 is 11.2 Å². The van der Waals surface area contributed by atoms with Crippen LogP contribution in [0.5, 0.6) is 0 Å². The number of hydrogen-bond acceptors (Lipinski definition) is 5. The lowest BCUT2D eigenvalue weighted by Crippen LogP contribution is -2.56. The van der Waals surface area contributed by atoms with Crippen LogP contribution in [-0.2, 0) is 14.3 Å². The summed E-state index contributed by atoms with van der Waals surface area (Å²) in [4.78, 5) is 39.8. The van der Waals surface area contributed by atoms with Crippen molar-refractivity contribution in [1.29, 1.82) is 0 Å². The van der Waals surface area contributed by atoms with E-state index in [4.69, 9.17) is 10.6 Å². The number of nitrogens with two attached hydrogens (primary N) is 1. The Hall–Kier alpha value is -2.09. The van der Waals surface area contributed by atoms with E-state index in [0.717, 1.165) is 19.3 Å². The Balaban J connectivity index is 1.85. The largest absolute Gasteiger partial charge is 0.464 e. The van der Waals surface area contributed by atoms with Crippen LogP contribution in [0.2, 0.25) is 0 Å². The first-order valence-electron chi connectivity index (χ1n) is 9.87. The fourth-order valence-corrected chi connectivity index (χ4v) is 4.08. The maximum Gasteiger partial charge on any atom is 0.334 e. The molecule has 27 heavy (non-hydrogen) atoms. The number of esters is 1. The lowest BCUT2D eigenvalue weighted by atomic mass is 10.1. The van der Waals surface area contributed by atoms with Gasteiger partial charge in [-0.3, -0.25) is 9.80 Å². The number of rotatable bonds is 2. The Bertz CT molecular complexity index is 637. The molecule has 3 rings (SSSR count). The number of allylic oxidation sites excluding steroid dienone is 1. The smallest absolute Gasteiger partial charge is 0.334 e. The van der Waals surface area contributed by atoms with Gasteiger partial charge >= 0.3 is 12.0 Å². The molecule has 2 fully saturated rings. The minimum Gasteiger partial charge on any atom is -0.464 e. The van der Waals surface area contributed by atoms with Crippen LogP contribution in [0.25, 0.3) is 0 Å². The van der Waals surface area contributed by atoms with E-state index >= 15 is 0 Å². The topological polar surface area (TPSA) is 105 Å². The molecule has 2 aliphatic heterocycles. The molecule has 8 nitrogen and oxygen atoms in total. The molecule has 0 aromatic heterocycles. The number of amides is 3. The number of nitrogens with one attached hydrogen (secondary N) is 1. The Morgan fingerprint density at radius 1 is 1.41 bits per heavy atom. The minimum absolute atomic E-state index is 0.0579. The first kappa shape index (κ1) is 19.7. The molecule has 3 amide bonds. The van der Waals surface area contributed by atoms with Gasteiger partial charge in [0.2, 0.25) is 5.91 Å². The van der Waals surface area contributed by atoms with Crippen molar-refractivity contribution in [2.24, 2.45) is 17.7 Å². The number of nitrogens with zero attached hydrogens (tertiary/aromatic N) is 2. The zero-order valence-corrected chi connectivity index (χ0v) is 16.1. The quantitative estimate of drug-likeness (QED) is 0.325. The maximum absolute atomic E-state index is 13.0. The molecule has 4 atom stereocenters. The molecule has 0 unspecified atom stereocenters. The van der Waals surface area contributed by atoms with Crippen molar-refractivity contribution >= 4 is 17.9 Å². The summed E-state index contributed by atoms with van der Waals surface area (Å²) < 4.78 is 5.22. The summed E-state index contributed by atoms with van der Waals surface area (Å²) in [7, 11) is 0. The second-order valence-corrected chi connectivity index (χ2v) is 7.90. The normalized spacial score (nSPS) is 35.6. The van der Waals surface area contributed by atoms with Crippen molar-refractivity contribution in [3.05, 3.63) is 12.2 Å². The second-order valence-electron chi connectivity index (χ2n) is 7.90. The highest BCUT2D eigenvalue weighted by Crippen LogP contribution is 2.46. The number of carbonyl (C=O) groups is 3. The maximum atomic E-state index is 13.0. The first-order chi connectivity index (χ1) is 12.9. The number of fused-ring (bicyclic) bond motifs is 2. The van der Waals surface area contributed by atoms with Gasteiger partial charge in [0.05, 0.1) is 6.61 Å². The van der Waals surface area contributed by atoms with Crippen LogP contribution in [0.1, 0.15) is 46.0 Å². The van der Waals surface area contributed by atoms with E-state index in [2.05, 4.69) is 5.32 Å². The zero-order chi connectivity index (χ0) is 19.6. The van der Waals surface area contributed by atoms with E-state index in [-0.39, 0.29) is 30.4 Å². The van der Waals surface area contributed by atoms with Gasteiger partial charge in [-0.25, -0.2) is 15.4 Å². The molecule has 0 aromatic rings. The van der Waals surface area contributed by atoms with E-state index in [1.54, 1.807) is 6.92 Å². The lowest BCUT2D eigenvalue weighted by molar-refractivity contribution is -0.149. The van der Waals surface area contributed by atoms with Crippen molar-refractivity contribution in [3.63, 3.8) is 0 Å². The molecule has 2 heterocycles. The van der Waals surface area contributed by atoms with Crippen molar-refractivity contribution in [2.75, 3.05) is 19.7 Å². The van der Waals surface area contributed by atoms with Crippen LogP contribution in [0.3, 0.4) is 0 Å². The SMILES string of the molecule is CCOC(=O)[C@@]12C[C@H]1/C=C\CCCCN(N)C(=O)N1C[C@H](C)C[C@H]1C(=O)N2. The van der Waals surface area contributed by atoms with Gasteiger partial charge in [-0.2, -0.15) is 0 Å². The summed E-state index contributed by atoms with van der Waals surface area (Å²) in [6.45, 7) is 4.97. The van der Waals surface area contributed by atoms with E-state index in [1.165, 1.54) is 9.91 Å². The Morgan fingerprint density at radius 2 is 2.19 bits per heavy atom. The van der Waals surface area contributed by atoms with Gasteiger partial charge in [-0.15, -0.1) is 0 Å². The highest BCUT2D eigenvalue weighted by atomic mass is 16.5. The number of hydrogen-bond donors (Lipinski definition) is 2. The summed E-state index contributed by atoms with van der Waals surface area (Å²) in [5.41, 5.74) is -1.00. The zero-order valence-electron chi connectivity index (χ0n) is 16.1. The van der Waals surface area contributed by atoms with Gasteiger partial charge in [0.1, 0.15) is 11.6 Å². The van der Waals surface area contributed by atoms with E-state index in [9.17, 15) is 14.4 Å². The van der Waals surface area contributed by atoms with Crippen LogP contribution >= 0.6 is 0 Å². The first-order valence-corrected chi connectivity index (χ1v) is 9.87. The number of urea groups is 1. The molecule has 0 aromatic carbocycles. The molecule has 0 spiro atoms. The summed E-state index contributed by atoms with van der Waals surface area (Å²) in [6, 6.07) is -0.942. The number of ether oxygens (including phenoxy) is 1. The average molecular weight is 378 g/mol. The summed E-state index contributed by atoms with van der Waals surface area (Å²) in [5.74, 6) is 5.38. The van der Waals surface area contributed by atoms with Crippen molar-refractivity contribution in [1.82, 2.24) is 15.2 Å². The van der Waals surface area contributed by atoms with E-state index < -0.39 is 17.6 Å². The monoisotopic (exact) mass is 378 g/mol. The third kappa shape index (κ3) is 3.95. The standard InChI is InChI=1S/C19H30N4O4/c1-3-27-17(25)19-11-14(19)8-6-4-5-7-9-23(20)18(26)22-12-13(2)10-15(22)16(24)21-19/h6,8,13-15H,3-5,7,9-12,20H2,1-2H3,(H,21,24)/b8-6-/t13-,14-,15+,19-/m1/s1. The molecular formula is C19H30N4O4. The lowest BCUT2D eigenvalue weighted by Gasteiger charge is -2.30. The molecule has 1 saturated heterocycles. The molecular weight excluding hydrogens is 348 g/mol. The predicted octanol–water partition coefficient (Wildman–Crippen LogP) is 1.17. The molecule has 3 N–H and O–H groups in total. The van der Waals surface area contributed by atoms with Crippen molar-refractivity contribution in [2.45, 2.75) is 57.5 Å². The highest BCUT2D eigenvalue weighted by molar-refractivity contribution is 5.95. The number of carbonyl (C=O) groups excluding carboxylic acids is 3. The van der Waals surface area contributed by atoms with Crippen molar-refractivity contribution in [3.8, 4) is 0 Å². The Labute approximate surface area is 160 Å². The Kier molecular flexibility index (Phi) is 5.74. The molecule has 150 valence electrons. The van der Waals surface area contributed by atoms with E-state index in [0.29, 0.717) is 25.9 Å². The van der Waals surface area contributed by atoms with Gasteiger partial charge in [0.15, 0.2) is 0 Å². The summed E-state index contributed by atoms with van der Waals surface area (Å²) in [6.07, 6.45) is 7.68. The molecule has 1 saturated carbocycles. The third-order valence-electron chi connectivity index (χ3n) is 5.69. The van der Waals surface area contributed by atoms with Gasteiger partial charge in [-0.05, 0) is 44.9 Å².